The Bertz CT molecular complexity index is 1820. The van der Waals surface area contributed by atoms with Crippen molar-refractivity contribution in [1.29, 1.82) is 0 Å². The smallest absolute Gasteiger partial charge is 0.251 e. The molecule has 3 aromatic carbocycles. The van der Waals surface area contributed by atoms with Gasteiger partial charge in [0.15, 0.2) is 0 Å². The first-order valence-corrected chi connectivity index (χ1v) is 13.3. The first kappa shape index (κ1) is 26.4. The van der Waals surface area contributed by atoms with Gasteiger partial charge in [0.1, 0.15) is 18.5 Å². The summed E-state index contributed by atoms with van der Waals surface area (Å²) in [6.07, 6.45) is 4.88. The van der Waals surface area contributed by atoms with E-state index in [4.69, 9.17) is 4.74 Å². The van der Waals surface area contributed by atoms with Crippen LogP contribution in [0, 0.1) is 5.82 Å². The summed E-state index contributed by atoms with van der Waals surface area (Å²) in [5, 5.41) is 16.3. The number of benzene rings is 3. The summed E-state index contributed by atoms with van der Waals surface area (Å²) in [6, 6.07) is 18.3. The van der Waals surface area contributed by atoms with Crippen LogP contribution in [-0.4, -0.2) is 55.7 Å². The SMILES string of the molecule is COCC(C)(C)c1c(-c2ccc(C(=O)NCCn3cncn3)cc2)c2cc3[nH]ncc3cc2n1-c1ccc(F)cc1. The number of carbonyl (C=O) groups excluding carboxylic acids is 1. The van der Waals surface area contributed by atoms with Crippen molar-refractivity contribution in [3.63, 3.8) is 0 Å². The molecule has 0 aliphatic carbocycles. The van der Waals surface area contributed by atoms with E-state index < -0.39 is 5.41 Å². The molecule has 0 fully saturated rings. The Morgan fingerprint density at radius 2 is 1.88 bits per heavy atom. The fraction of sp³-hybridized carbons (Fsp3) is 0.226. The number of nitrogens with zero attached hydrogens (tertiary/aromatic N) is 5. The minimum atomic E-state index is -0.430. The van der Waals surface area contributed by atoms with E-state index in [1.165, 1.54) is 18.5 Å². The fourth-order valence-electron chi connectivity index (χ4n) is 5.47. The lowest BCUT2D eigenvalue weighted by molar-refractivity contribution is 0.0952. The predicted molar refractivity (Wildman–Crippen MR) is 156 cm³/mol. The lowest BCUT2D eigenvalue weighted by Gasteiger charge is -2.28. The molecule has 0 unspecified atom stereocenters. The monoisotopic (exact) mass is 551 g/mol. The summed E-state index contributed by atoms with van der Waals surface area (Å²) < 4.78 is 23.5. The fourth-order valence-corrected chi connectivity index (χ4v) is 5.47. The van der Waals surface area contributed by atoms with E-state index in [2.05, 4.69) is 56.1 Å². The lowest BCUT2D eigenvalue weighted by Crippen LogP contribution is -2.28. The number of nitrogens with one attached hydrogen (secondary N) is 2. The van der Waals surface area contributed by atoms with Gasteiger partial charge in [0.25, 0.3) is 5.91 Å². The average Bonchev–Trinajstić information content (AvgIpc) is 3.71. The van der Waals surface area contributed by atoms with Gasteiger partial charge in [-0.05, 0) is 54.1 Å². The maximum Gasteiger partial charge on any atom is 0.251 e. The molecule has 41 heavy (non-hydrogen) atoms. The van der Waals surface area contributed by atoms with Crippen LogP contribution in [0.25, 0.3) is 38.6 Å². The second kappa shape index (κ2) is 10.6. The van der Waals surface area contributed by atoms with E-state index in [9.17, 15) is 9.18 Å². The van der Waals surface area contributed by atoms with Crippen LogP contribution < -0.4 is 5.32 Å². The van der Waals surface area contributed by atoms with E-state index in [-0.39, 0.29) is 11.7 Å². The van der Waals surface area contributed by atoms with Gasteiger partial charge in [-0.1, -0.05) is 26.0 Å². The van der Waals surface area contributed by atoms with Crippen LogP contribution in [0.3, 0.4) is 0 Å². The van der Waals surface area contributed by atoms with Crippen molar-refractivity contribution >= 4 is 27.7 Å². The minimum absolute atomic E-state index is 0.162. The Morgan fingerprint density at radius 1 is 1.10 bits per heavy atom. The molecule has 0 saturated heterocycles. The number of carbonyl (C=O) groups is 1. The second-order valence-corrected chi connectivity index (χ2v) is 10.7. The Hall–Kier alpha value is -4.83. The molecule has 0 radical (unpaired) electrons. The van der Waals surface area contributed by atoms with Crippen molar-refractivity contribution < 1.29 is 13.9 Å². The van der Waals surface area contributed by atoms with Crippen molar-refractivity contribution in [2.24, 2.45) is 0 Å². The molecule has 0 spiro atoms. The number of H-pyrrole nitrogens is 1. The van der Waals surface area contributed by atoms with Crippen LogP contribution in [0.15, 0.2) is 79.5 Å². The highest BCUT2D eigenvalue weighted by Crippen LogP contribution is 2.44. The van der Waals surface area contributed by atoms with Gasteiger partial charge in [0, 0.05) is 52.4 Å². The number of halogens is 1. The molecule has 6 aromatic rings. The third-order valence-electron chi connectivity index (χ3n) is 7.29. The minimum Gasteiger partial charge on any atom is -0.384 e. The van der Waals surface area contributed by atoms with Crippen molar-refractivity contribution in [3.05, 3.63) is 96.6 Å². The van der Waals surface area contributed by atoms with E-state index in [0.717, 1.165) is 44.3 Å². The standard InChI is InChI=1S/C31H30FN7O2/c1-31(2,17-41-3)29-28(20-4-6-21(7-5-20)30(40)34-12-13-38-19-33-18-36-38)25-15-26-22(16-35-37-26)14-27(25)39(29)24-10-8-23(32)9-11-24/h4-11,14-16,18-19H,12-13,17H2,1-3H3,(H,34,40)(H,35,37). The summed E-state index contributed by atoms with van der Waals surface area (Å²) in [6.45, 7) is 5.71. The van der Waals surface area contributed by atoms with Crippen LogP contribution >= 0.6 is 0 Å². The topological polar surface area (TPSA) is 103 Å². The highest BCUT2D eigenvalue weighted by molar-refractivity contribution is 6.06. The van der Waals surface area contributed by atoms with E-state index >= 15 is 0 Å². The summed E-state index contributed by atoms with van der Waals surface area (Å²) in [4.78, 5) is 16.8. The normalized spacial score (nSPS) is 11.9. The van der Waals surface area contributed by atoms with Gasteiger partial charge < -0.3 is 14.6 Å². The van der Waals surface area contributed by atoms with Crippen molar-refractivity contribution in [2.75, 3.05) is 20.3 Å². The Balaban J connectivity index is 1.48. The number of hydrogen-bond acceptors (Lipinski definition) is 5. The number of ether oxygens (including phenoxy) is 1. The number of amides is 1. The predicted octanol–water partition coefficient (Wildman–Crippen LogP) is 5.26. The molecule has 2 N–H and O–H groups in total. The number of rotatable bonds is 9. The van der Waals surface area contributed by atoms with Crippen LogP contribution in [0.2, 0.25) is 0 Å². The maximum absolute atomic E-state index is 14.0. The summed E-state index contributed by atoms with van der Waals surface area (Å²) in [5.74, 6) is -0.458. The molecule has 3 heterocycles. The van der Waals surface area contributed by atoms with Gasteiger partial charge in [0.05, 0.1) is 30.4 Å². The molecule has 0 bridgehead atoms. The van der Waals surface area contributed by atoms with Gasteiger partial charge in [-0.2, -0.15) is 10.2 Å². The molecule has 0 atom stereocenters. The summed E-state index contributed by atoms with van der Waals surface area (Å²) >= 11 is 0. The van der Waals surface area contributed by atoms with Crippen molar-refractivity contribution in [1.82, 2.24) is 34.8 Å². The molecule has 0 saturated carbocycles. The van der Waals surface area contributed by atoms with Gasteiger partial charge >= 0.3 is 0 Å². The number of aromatic nitrogens is 6. The number of fused-ring (bicyclic) bond motifs is 2. The number of methoxy groups -OCH3 is 1. The molecular weight excluding hydrogens is 521 g/mol. The Labute approximate surface area is 236 Å². The molecule has 10 heteroatoms. The molecule has 3 aromatic heterocycles. The first-order valence-electron chi connectivity index (χ1n) is 13.3. The molecule has 0 aliphatic rings. The van der Waals surface area contributed by atoms with Crippen LogP contribution in [0.4, 0.5) is 4.39 Å². The highest BCUT2D eigenvalue weighted by Gasteiger charge is 2.32. The van der Waals surface area contributed by atoms with Gasteiger partial charge in [0.2, 0.25) is 0 Å². The molecule has 6 rings (SSSR count). The summed E-state index contributed by atoms with van der Waals surface area (Å²) in [5.41, 5.74) is 5.84. The van der Waals surface area contributed by atoms with E-state index in [1.807, 2.05) is 24.3 Å². The third-order valence-corrected chi connectivity index (χ3v) is 7.29. The van der Waals surface area contributed by atoms with Crippen molar-refractivity contribution in [3.8, 4) is 16.8 Å². The molecule has 208 valence electrons. The van der Waals surface area contributed by atoms with Gasteiger partial charge in [-0.15, -0.1) is 0 Å². The number of aromatic amines is 1. The van der Waals surface area contributed by atoms with Crippen molar-refractivity contribution in [2.45, 2.75) is 25.8 Å². The number of hydrogen-bond donors (Lipinski definition) is 2. The Kier molecular flexibility index (Phi) is 6.84. The van der Waals surface area contributed by atoms with Gasteiger partial charge in [-0.25, -0.2) is 9.37 Å². The van der Waals surface area contributed by atoms with E-state index in [0.29, 0.717) is 25.3 Å². The zero-order valence-corrected chi connectivity index (χ0v) is 23.1. The Morgan fingerprint density at radius 3 is 2.59 bits per heavy atom. The van der Waals surface area contributed by atoms with Crippen LogP contribution in [0.5, 0.6) is 0 Å². The third kappa shape index (κ3) is 4.98. The van der Waals surface area contributed by atoms with E-state index in [1.54, 1.807) is 36.4 Å². The van der Waals surface area contributed by atoms with Crippen LogP contribution in [-0.2, 0) is 16.7 Å². The molecule has 1 amide bonds. The van der Waals surface area contributed by atoms with Crippen LogP contribution in [0.1, 0.15) is 29.9 Å². The maximum atomic E-state index is 14.0. The highest BCUT2D eigenvalue weighted by atomic mass is 19.1. The molecular formula is C31H30FN7O2. The second-order valence-electron chi connectivity index (χ2n) is 10.7. The average molecular weight is 552 g/mol. The molecule has 0 aliphatic heterocycles. The van der Waals surface area contributed by atoms with Gasteiger partial charge in [-0.3, -0.25) is 14.6 Å². The lowest BCUT2D eigenvalue weighted by atomic mass is 9.84. The molecule has 9 nitrogen and oxygen atoms in total. The quantitative estimate of drug-likeness (QED) is 0.255. The zero-order chi connectivity index (χ0) is 28.6. The largest absolute Gasteiger partial charge is 0.384 e. The zero-order valence-electron chi connectivity index (χ0n) is 23.1. The summed E-state index contributed by atoms with van der Waals surface area (Å²) in [7, 11) is 1.69. The first-order chi connectivity index (χ1) is 19.9.